The number of nitrogens with zero attached hydrogens (tertiary/aromatic N) is 2. The summed E-state index contributed by atoms with van der Waals surface area (Å²) in [5, 5.41) is 14.1. The van der Waals surface area contributed by atoms with Crippen LogP contribution in [0.5, 0.6) is 11.5 Å². The van der Waals surface area contributed by atoms with E-state index >= 15 is 0 Å². The van der Waals surface area contributed by atoms with Crippen LogP contribution < -0.4 is 14.8 Å². The van der Waals surface area contributed by atoms with Gasteiger partial charge in [0.15, 0.2) is 11.5 Å². The van der Waals surface area contributed by atoms with Crippen LogP contribution in [0.1, 0.15) is 12.0 Å². The van der Waals surface area contributed by atoms with Gasteiger partial charge in [-0.05, 0) is 30.6 Å². The molecule has 25 heavy (non-hydrogen) atoms. The fourth-order valence-electron chi connectivity index (χ4n) is 2.57. The Bertz CT molecular complexity index is 784. The zero-order chi connectivity index (χ0) is 17.6. The number of likely N-dealkylation sites (N-methyl/N-ethyl adjacent to an activating group) is 1. The summed E-state index contributed by atoms with van der Waals surface area (Å²) in [7, 11) is 1.95. The van der Waals surface area contributed by atoms with E-state index in [9.17, 15) is 4.79 Å². The first kappa shape index (κ1) is 17.3. The average molecular weight is 357 g/mol. The monoisotopic (exact) mass is 357 g/mol. The first-order valence-corrected chi connectivity index (χ1v) is 8.88. The lowest BCUT2D eigenvalue weighted by molar-refractivity contribution is -0.116. The average Bonchev–Trinajstić information content (AvgIpc) is 3.07. The van der Waals surface area contributed by atoms with Crippen molar-refractivity contribution >= 4 is 22.2 Å². The van der Waals surface area contributed by atoms with Crippen LogP contribution in [0, 0.1) is 11.3 Å². The molecule has 1 unspecified atom stereocenters. The summed E-state index contributed by atoms with van der Waals surface area (Å²) in [6.45, 7) is 1.76. The fraction of sp³-hybridized carbons (Fsp3) is 0.333. The number of rotatable bonds is 6. The number of ether oxygens (including phenoxy) is 2. The summed E-state index contributed by atoms with van der Waals surface area (Å²) < 4.78 is 11.6. The normalized spacial score (nSPS) is 15.6. The highest BCUT2D eigenvalue weighted by molar-refractivity contribution is 7.14. The highest BCUT2D eigenvalue weighted by Gasteiger charge is 2.22. The maximum Gasteiger partial charge on any atom is 0.226 e. The number of para-hydroxylation sites is 2. The molecule has 7 heteroatoms. The molecule has 2 aromatic rings. The molecule has 1 atom stereocenters. The highest BCUT2D eigenvalue weighted by Crippen LogP contribution is 2.31. The van der Waals surface area contributed by atoms with Crippen LogP contribution in [0.2, 0.25) is 0 Å². The van der Waals surface area contributed by atoms with Crippen molar-refractivity contribution in [3.8, 4) is 17.6 Å². The molecule has 2 heterocycles. The zero-order valence-corrected chi connectivity index (χ0v) is 14.7. The number of thiophene rings is 1. The topological polar surface area (TPSA) is 74.6 Å². The molecule has 3 rings (SSSR count). The molecule has 0 fully saturated rings. The number of benzene rings is 1. The molecule has 1 aromatic carbocycles. The number of nitrogens with one attached hydrogen (secondary N) is 1. The van der Waals surface area contributed by atoms with Crippen molar-refractivity contribution in [2.75, 3.05) is 32.1 Å². The lowest BCUT2D eigenvalue weighted by Gasteiger charge is -2.29. The smallest absolute Gasteiger partial charge is 0.226 e. The number of anilines is 1. The number of carbonyl (C=O) groups excluding carboxylic acids is 1. The van der Waals surface area contributed by atoms with E-state index in [2.05, 4.69) is 11.4 Å². The van der Waals surface area contributed by atoms with E-state index in [0.717, 1.165) is 11.5 Å². The van der Waals surface area contributed by atoms with E-state index in [1.165, 1.54) is 11.3 Å². The van der Waals surface area contributed by atoms with Crippen LogP contribution in [0.15, 0.2) is 35.7 Å². The quantitative estimate of drug-likeness (QED) is 0.860. The molecule has 0 spiro atoms. The van der Waals surface area contributed by atoms with Gasteiger partial charge in [0.05, 0.1) is 5.56 Å². The Hall–Kier alpha value is -2.56. The maximum atomic E-state index is 12.0. The van der Waals surface area contributed by atoms with Crippen molar-refractivity contribution < 1.29 is 14.3 Å². The van der Waals surface area contributed by atoms with Crippen molar-refractivity contribution in [1.82, 2.24) is 4.90 Å². The van der Waals surface area contributed by atoms with Gasteiger partial charge in [-0.25, -0.2) is 0 Å². The maximum absolute atomic E-state index is 12.0. The van der Waals surface area contributed by atoms with Crippen LogP contribution in [0.3, 0.4) is 0 Å². The number of fused-ring (bicyclic) bond motifs is 1. The minimum Gasteiger partial charge on any atom is -0.486 e. The standard InChI is InChI=1S/C18H19N3O3S/c1-21(8-6-17(22)20-18-13(10-19)7-9-25-18)11-14-12-23-15-4-2-3-5-16(15)24-14/h2-5,7,9,14H,6,8,11-12H2,1H3,(H,20,22). The third-order valence-electron chi connectivity index (χ3n) is 3.84. The highest BCUT2D eigenvalue weighted by atomic mass is 32.1. The largest absolute Gasteiger partial charge is 0.486 e. The molecule has 1 aliphatic heterocycles. The van der Waals surface area contributed by atoms with Gasteiger partial charge in [-0.15, -0.1) is 11.3 Å². The van der Waals surface area contributed by atoms with Crippen molar-refractivity contribution in [2.45, 2.75) is 12.5 Å². The number of amides is 1. The van der Waals surface area contributed by atoms with Crippen LogP contribution >= 0.6 is 11.3 Å². The minimum atomic E-state index is -0.100. The Morgan fingerprint density at radius 1 is 1.40 bits per heavy atom. The van der Waals surface area contributed by atoms with E-state index in [-0.39, 0.29) is 12.0 Å². The van der Waals surface area contributed by atoms with Gasteiger partial charge in [0.1, 0.15) is 23.8 Å². The second-order valence-electron chi connectivity index (χ2n) is 5.83. The van der Waals surface area contributed by atoms with Gasteiger partial charge < -0.3 is 19.7 Å². The number of nitriles is 1. The van der Waals surface area contributed by atoms with Crippen molar-refractivity contribution in [3.05, 3.63) is 41.3 Å². The molecular weight excluding hydrogens is 338 g/mol. The molecule has 1 aromatic heterocycles. The fourth-order valence-corrected chi connectivity index (χ4v) is 3.32. The van der Waals surface area contributed by atoms with Crippen molar-refractivity contribution in [2.24, 2.45) is 0 Å². The van der Waals surface area contributed by atoms with E-state index in [1.54, 1.807) is 11.4 Å². The zero-order valence-electron chi connectivity index (χ0n) is 13.9. The van der Waals surface area contributed by atoms with Crippen molar-refractivity contribution in [1.29, 1.82) is 5.26 Å². The lowest BCUT2D eigenvalue weighted by Crippen LogP contribution is -2.40. The first-order valence-electron chi connectivity index (χ1n) is 8.00. The molecule has 0 bridgehead atoms. The van der Waals surface area contributed by atoms with Gasteiger partial charge in [-0.3, -0.25) is 4.79 Å². The first-order chi connectivity index (χ1) is 12.2. The molecule has 0 saturated carbocycles. The Balaban J connectivity index is 1.43. The Labute approximate surface area is 150 Å². The molecule has 0 aliphatic carbocycles. The number of carbonyl (C=O) groups is 1. The second kappa shape index (κ2) is 8.01. The van der Waals surface area contributed by atoms with E-state index in [1.807, 2.05) is 36.2 Å². The summed E-state index contributed by atoms with van der Waals surface area (Å²) in [5.41, 5.74) is 0.498. The minimum absolute atomic E-state index is 0.0644. The number of hydrogen-bond donors (Lipinski definition) is 1. The molecule has 0 radical (unpaired) electrons. The van der Waals surface area contributed by atoms with Crippen LogP contribution in [-0.2, 0) is 4.79 Å². The van der Waals surface area contributed by atoms with Crippen LogP contribution in [0.25, 0.3) is 0 Å². The molecule has 1 N–H and O–H groups in total. The van der Waals surface area contributed by atoms with Gasteiger partial charge in [0.25, 0.3) is 0 Å². The van der Waals surface area contributed by atoms with E-state index in [0.29, 0.717) is 36.7 Å². The summed E-state index contributed by atoms with van der Waals surface area (Å²) >= 11 is 1.35. The van der Waals surface area contributed by atoms with Crippen molar-refractivity contribution in [3.63, 3.8) is 0 Å². The molecule has 1 aliphatic rings. The number of hydrogen-bond acceptors (Lipinski definition) is 6. The molecule has 0 saturated heterocycles. The van der Waals surface area contributed by atoms with E-state index < -0.39 is 0 Å². The Kier molecular flexibility index (Phi) is 5.53. The SMILES string of the molecule is CN(CCC(=O)Nc1sccc1C#N)CC1COc2ccccc2O1. The Morgan fingerprint density at radius 2 is 2.20 bits per heavy atom. The summed E-state index contributed by atoms with van der Waals surface area (Å²) in [4.78, 5) is 14.1. The third-order valence-corrected chi connectivity index (χ3v) is 4.67. The van der Waals surface area contributed by atoms with Gasteiger partial charge in [0, 0.05) is 19.5 Å². The summed E-state index contributed by atoms with van der Waals surface area (Å²) in [5.74, 6) is 1.42. The molecule has 1 amide bonds. The third kappa shape index (κ3) is 4.50. The molecular formula is C18H19N3O3S. The lowest BCUT2D eigenvalue weighted by atomic mass is 10.2. The predicted molar refractivity (Wildman–Crippen MR) is 96.1 cm³/mol. The van der Waals surface area contributed by atoms with Crippen LogP contribution in [0.4, 0.5) is 5.00 Å². The van der Waals surface area contributed by atoms with Gasteiger partial charge in [0.2, 0.25) is 5.91 Å². The predicted octanol–water partition coefficient (Wildman–Crippen LogP) is 2.72. The van der Waals surface area contributed by atoms with E-state index in [4.69, 9.17) is 14.7 Å². The van der Waals surface area contributed by atoms with Gasteiger partial charge in [-0.2, -0.15) is 5.26 Å². The Morgan fingerprint density at radius 3 is 3.00 bits per heavy atom. The second-order valence-corrected chi connectivity index (χ2v) is 6.75. The summed E-state index contributed by atoms with van der Waals surface area (Å²) in [6.07, 6.45) is 0.286. The van der Waals surface area contributed by atoms with Gasteiger partial charge in [-0.1, -0.05) is 12.1 Å². The molecule has 130 valence electrons. The molecule has 6 nitrogen and oxygen atoms in total. The van der Waals surface area contributed by atoms with Crippen LogP contribution in [-0.4, -0.2) is 43.7 Å². The summed E-state index contributed by atoms with van der Waals surface area (Å²) in [6, 6.07) is 11.4. The van der Waals surface area contributed by atoms with Gasteiger partial charge >= 0.3 is 0 Å².